The van der Waals surface area contributed by atoms with Gasteiger partial charge in [-0.15, -0.1) is 5.10 Å². The first-order valence-corrected chi connectivity index (χ1v) is 6.74. The molecule has 84 valence electrons. The molecule has 15 heavy (non-hydrogen) atoms. The van der Waals surface area contributed by atoms with Gasteiger partial charge in [0.2, 0.25) is 0 Å². The minimum atomic E-state index is 0.697. The fraction of sp³-hybridized carbons (Fsp3) is 0.818. The number of nitrogens with zero attached hydrogens (tertiary/aromatic N) is 3. The monoisotopic (exact) mass is 271 g/mol. The van der Waals surface area contributed by atoms with Gasteiger partial charge in [-0.1, -0.05) is 28.1 Å². The molecule has 1 atom stereocenters. The molecule has 0 aromatic carbocycles. The van der Waals surface area contributed by atoms with E-state index < -0.39 is 0 Å². The lowest BCUT2D eigenvalue weighted by molar-refractivity contribution is 0.545. The van der Waals surface area contributed by atoms with Crippen LogP contribution < -0.4 is 0 Å². The van der Waals surface area contributed by atoms with Gasteiger partial charge in [-0.3, -0.25) is 0 Å². The highest BCUT2D eigenvalue weighted by molar-refractivity contribution is 9.09. The average molecular weight is 272 g/mol. The molecule has 0 aliphatic heterocycles. The Morgan fingerprint density at radius 1 is 1.60 bits per heavy atom. The first kappa shape index (κ1) is 11.1. The summed E-state index contributed by atoms with van der Waals surface area (Å²) in [5, 5.41) is 8.07. The zero-order chi connectivity index (χ0) is 10.7. The number of rotatable bonds is 6. The van der Waals surface area contributed by atoms with E-state index in [4.69, 9.17) is 0 Å². The van der Waals surface area contributed by atoms with Crippen LogP contribution >= 0.6 is 15.9 Å². The van der Waals surface area contributed by atoms with Gasteiger partial charge in [-0.2, -0.15) is 0 Å². The van der Waals surface area contributed by atoms with Crippen LogP contribution in [0.5, 0.6) is 0 Å². The van der Waals surface area contributed by atoms with Gasteiger partial charge in [0.15, 0.2) is 0 Å². The van der Waals surface area contributed by atoms with Gasteiger partial charge in [-0.05, 0) is 38.0 Å². The SMILES string of the molecule is CCCn1nncc1CCC(Br)C1CC1. The van der Waals surface area contributed by atoms with Crippen LogP contribution in [0, 0.1) is 5.92 Å². The van der Waals surface area contributed by atoms with Crippen molar-refractivity contribution in [3.8, 4) is 0 Å². The number of hydrogen-bond donors (Lipinski definition) is 0. The molecular weight excluding hydrogens is 254 g/mol. The lowest BCUT2D eigenvalue weighted by Gasteiger charge is -2.08. The van der Waals surface area contributed by atoms with E-state index in [1.807, 2.05) is 10.9 Å². The molecule has 4 heteroatoms. The Labute approximate surface area is 99.4 Å². The maximum atomic E-state index is 4.10. The second kappa shape index (κ2) is 5.10. The molecule has 0 bridgehead atoms. The van der Waals surface area contributed by atoms with E-state index in [0.29, 0.717) is 4.83 Å². The molecule has 0 radical (unpaired) electrons. The third-order valence-electron chi connectivity index (χ3n) is 2.94. The highest BCUT2D eigenvalue weighted by Crippen LogP contribution is 2.38. The summed E-state index contributed by atoms with van der Waals surface area (Å²) in [6.07, 6.45) is 8.14. The van der Waals surface area contributed by atoms with Gasteiger partial charge in [-0.25, -0.2) is 4.68 Å². The van der Waals surface area contributed by atoms with Gasteiger partial charge in [0.1, 0.15) is 0 Å². The Morgan fingerprint density at radius 3 is 3.07 bits per heavy atom. The molecule has 0 amide bonds. The highest BCUT2D eigenvalue weighted by atomic mass is 79.9. The highest BCUT2D eigenvalue weighted by Gasteiger charge is 2.28. The van der Waals surface area contributed by atoms with Crippen LogP contribution in [0.2, 0.25) is 0 Å². The molecule has 0 saturated heterocycles. The molecule has 1 fully saturated rings. The van der Waals surface area contributed by atoms with Crippen LogP contribution in [-0.2, 0) is 13.0 Å². The molecular formula is C11H18BrN3. The van der Waals surface area contributed by atoms with Crippen LogP contribution in [0.1, 0.15) is 38.3 Å². The van der Waals surface area contributed by atoms with Crippen molar-refractivity contribution in [3.63, 3.8) is 0 Å². The summed E-state index contributed by atoms with van der Waals surface area (Å²) in [4.78, 5) is 0.697. The standard InChI is InChI=1S/C11H18BrN3/c1-2-7-15-10(8-13-14-15)5-6-11(12)9-3-4-9/h8-9,11H,2-7H2,1H3. The molecule has 3 nitrogen and oxygen atoms in total. The second-order valence-electron chi connectivity index (χ2n) is 4.34. The van der Waals surface area contributed by atoms with Crippen molar-refractivity contribution >= 4 is 15.9 Å². The van der Waals surface area contributed by atoms with E-state index in [2.05, 4.69) is 33.2 Å². The van der Waals surface area contributed by atoms with Crippen LogP contribution in [-0.4, -0.2) is 19.8 Å². The molecule has 1 aromatic heterocycles. The second-order valence-corrected chi connectivity index (χ2v) is 5.52. The van der Waals surface area contributed by atoms with Gasteiger partial charge in [0.25, 0.3) is 0 Å². The summed E-state index contributed by atoms with van der Waals surface area (Å²) in [7, 11) is 0. The van der Waals surface area contributed by atoms with Crippen LogP contribution in [0.3, 0.4) is 0 Å². The largest absolute Gasteiger partial charge is 0.249 e. The Bertz CT molecular complexity index is 307. The molecule has 1 aliphatic rings. The number of hydrogen-bond acceptors (Lipinski definition) is 2. The summed E-state index contributed by atoms with van der Waals surface area (Å²) in [6.45, 7) is 3.16. The van der Waals surface area contributed by atoms with E-state index in [1.165, 1.54) is 25.0 Å². The van der Waals surface area contributed by atoms with Crippen LogP contribution in [0.25, 0.3) is 0 Å². The van der Waals surface area contributed by atoms with Crippen molar-refractivity contribution in [3.05, 3.63) is 11.9 Å². The van der Waals surface area contributed by atoms with Crippen molar-refractivity contribution in [2.45, 2.75) is 50.4 Å². The topological polar surface area (TPSA) is 30.7 Å². The molecule has 1 aliphatic carbocycles. The van der Waals surface area contributed by atoms with E-state index in [1.54, 1.807) is 0 Å². The third kappa shape index (κ3) is 3.03. The maximum absolute atomic E-state index is 4.10. The summed E-state index contributed by atoms with van der Waals surface area (Å²) < 4.78 is 2.03. The summed E-state index contributed by atoms with van der Waals surface area (Å²) in [5.41, 5.74) is 1.28. The quantitative estimate of drug-likeness (QED) is 0.745. The van der Waals surface area contributed by atoms with Crippen molar-refractivity contribution < 1.29 is 0 Å². The average Bonchev–Trinajstić information content (AvgIpc) is 2.99. The Morgan fingerprint density at radius 2 is 2.40 bits per heavy atom. The number of aromatic nitrogens is 3. The molecule has 1 saturated carbocycles. The lowest BCUT2D eigenvalue weighted by atomic mass is 10.1. The predicted octanol–water partition coefficient (Wildman–Crippen LogP) is 2.79. The fourth-order valence-corrected chi connectivity index (χ4v) is 2.61. The molecule has 0 spiro atoms. The maximum Gasteiger partial charge on any atom is 0.0725 e. The van der Waals surface area contributed by atoms with E-state index in [0.717, 1.165) is 25.3 Å². The number of alkyl halides is 1. The molecule has 2 rings (SSSR count). The van der Waals surface area contributed by atoms with Crippen molar-refractivity contribution in [1.82, 2.24) is 15.0 Å². The van der Waals surface area contributed by atoms with Gasteiger partial charge in [0.05, 0.1) is 11.9 Å². The lowest BCUT2D eigenvalue weighted by Crippen LogP contribution is -2.08. The van der Waals surface area contributed by atoms with Gasteiger partial charge in [0, 0.05) is 11.4 Å². The van der Waals surface area contributed by atoms with Crippen molar-refractivity contribution in [2.24, 2.45) is 5.92 Å². The number of aryl methyl sites for hydroxylation is 2. The molecule has 1 heterocycles. The minimum absolute atomic E-state index is 0.697. The van der Waals surface area contributed by atoms with Gasteiger partial charge < -0.3 is 0 Å². The van der Waals surface area contributed by atoms with E-state index in [9.17, 15) is 0 Å². The van der Waals surface area contributed by atoms with Crippen LogP contribution in [0.4, 0.5) is 0 Å². The first-order valence-electron chi connectivity index (χ1n) is 5.82. The van der Waals surface area contributed by atoms with Crippen molar-refractivity contribution in [2.75, 3.05) is 0 Å². The van der Waals surface area contributed by atoms with Gasteiger partial charge >= 0.3 is 0 Å². The Hall–Kier alpha value is -0.380. The zero-order valence-electron chi connectivity index (χ0n) is 9.19. The minimum Gasteiger partial charge on any atom is -0.249 e. The predicted molar refractivity (Wildman–Crippen MR) is 64.1 cm³/mol. The van der Waals surface area contributed by atoms with E-state index >= 15 is 0 Å². The first-order chi connectivity index (χ1) is 7.31. The summed E-state index contributed by atoms with van der Waals surface area (Å²) in [5.74, 6) is 0.931. The van der Waals surface area contributed by atoms with Crippen molar-refractivity contribution in [1.29, 1.82) is 0 Å². The fourth-order valence-electron chi connectivity index (χ4n) is 1.85. The molecule has 1 unspecified atom stereocenters. The van der Waals surface area contributed by atoms with Crippen LogP contribution in [0.15, 0.2) is 6.20 Å². The van der Waals surface area contributed by atoms with E-state index in [-0.39, 0.29) is 0 Å². The smallest absolute Gasteiger partial charge is 0.0725 e. The Balaban J connectivity index is 1.83. The molecule has 1 aromatic rings. The molecule has 0 N–H and O–H groups in total. The normalized spacial score (nSPS) is 18.0. The summed E-state index contributed by atoms with van der Waals surface area (Å²) in [6, 6.07) is 0. The third-order valence-corrected chi connectivity index (χ3v) is 4.15. The zero-order valence-corrected chi connectivity index (χ0v) is 10.8. The number of halogens is 1. The summed E-state index contributed by atoms with van der Waals surface area (Å²) >= 11 is 3.76. The Kier molecular flexibility index (Phi) is 3.78.